The van der Waals surface area contributed by atoms with E-state index >= 15 is 0 Å². The van der Waals surface area contributed by atoms with Crippen molar-refractivity contribution in [3.63, 3.8) is 0 Å². The fourth-order valence-corrected chi connectivity index (χ4v) is 1.27. The van der Waals surface area contributed by atoms with Crippen molar-refractivity contribution in [2.24, 2.45) is 5.73 Å². The van der Waals surface area contributed by atoms with Crippen molar-refractivity contribution in [2.45, 2.75) is 18.6 Å². The zero-order chi connectivity index (χ0) is 10.8. The summed E-state index contributed by atoms with van der Waals surface area (Å²) in [5, 5.41) is 0.205. The molecule has 0 aliphatic carbocycles. The molecule has 0 aliphatic heterocycles. The van der Waals surface area contributed by atoms with E-state index in [-0.39, 0.29) is 10.6 Å². The number of halogens is 4. The number of rotatable bonds is 2. The molecule has 0 spiro atoms. The molecule has 6 heteroatoms. The molecule has 0 unspecified atom stereocenters. The van der Waals surface area contributed by atoms with Gasteiger partial charge in [-0.2, -0.15) is 13.2 Å². The lowest BCUT2D eigenvalue weighted by atomic mass is 10.1. The smallest absolute Gasteiger partial charge is 0.324 e. The van der Waals surface area contributed by atoms with E-state index in [0.717, 1.165) is 0 Å². The zero-order valence-corrected chi connectivity index (χ0v) is 7.81. The molecular weight excluding hydrogens is 217 g/mol. The number of aromatic nitrogens is 1. The van der Waals surface area contributed by atoms with Gasteiger partial charge in [-0.1, -0.05) is 11.6 Å². The van der Waals surface area contributed by atoms with Crippen LogP contribution in [0.3, 0.4) is 0 Å². The average Bonchev–Trinajstić information content (AvgIpc) is 2.01. The molecule has 0 fully saturated rings. The highest BCUT2D eigenvalue weighted by atomic mass is 35.5. The third kappa shape index (κ3) is 3.16. The molecular formula is C8H8ClF3N2. The second kappa shape index (κ2) is 4.14. The molecule has 1 rings (SSSR count). The van der Waals surface area contributed by atoms with Gasteiger partial charge in [-0.05, 0) is 6.07 Å². The van der Waals surface area contributed by atoms with Gasteiger partial charge in [-0.15, -0.1) is 0 Å². The van der Waals surface area contributed by atoms with Crippen molar-refractivity contribution in [1.29, 1.82) is 0 Å². The first kappa shape index (κ1) is 11.3. The van der Waals surface area contributed by atoms with E-state index in [1.54, 1.807) is 0 Å². The maximum absolute atomic E-state index is 12.0. The van der Waals surface area contributed by atoms with E-state index in [0.29, 0.717) is 0 Å². The Morgan fingerprint density at radius 3 is 2.64 bits per heavy atom. The first-order valence-corrected chi connectivity index (χ1v) is 4.19. The average molecular weight is 225 g/mol. The Morgan fingerprint density at radius 2 is 2.14 bits per heavy atom. The van der Waals surface area contributed by atoms with Crippen LogP contribution in [0.4, 0.5) is 13.2 Å². The lowest BCUT2D eigenvalue weighted by molar-refractivity contribution is -0.138. The number of hydrogen-bond acceptors (Lipinski definition) is 2. The molecule has 0 radical (unpaired) electrons. The Morgan fingerprint density at radius 1 is 1.50 bits per heavy atom. The van der Waals surface area contributed by atoms with Gasteiger partial charge in [0.1, 0.15) is 0 Å². The Hall–Kier alpha value is -0.810. The summed E-state index contributed by atoms with van der Waals surface area (Å²) in [7, 11) is 0. The Labute approximate surface area is 83.9 Å². The van der Waals surface area contributed by atoms with Crippen LogP contribution in [0, 0.1) is 0 Å². The first-order chi connectivity index (χ1) is 6.40. The lowest BCUT2D eigenvalue weighted by Gasteiger charge is -2.14. The van der Waals surface area contributed by atoms with Gasteiger partial charge in [0.2, 0.25) is 0 Å². The molecule has 0 saturated heterocycles. The van der Waals surface area contributed by atoms with E-state index < -0.39 is 18.6 Å². The summed E-state index contributed by atoms with van der Waals surface area (Å²) in [6.07, 6.45) is -2.75. The summed E-state index contributed by atoms with van der Waals surface area (Å²) in [6, 6.07) is 0.254. The van der Waals surface area contributed by atoms with Crippen molar-refractivity contribution in [3.05, 3.63) is 29.0 Å². The van der Waals surface area contributed by atoms with E-state index in [2.05, 4.69) is 4.98 Å². The molecule has 78 valence electrons. The van der Waals surface area contributed by atoms with Crippen molar-refractivity contribution in [3.8, 4) is 0 Å². The van der Waals surface area contributed by atoms with Crippen LogP contribution >= 0.6 is 11.6 Å². The number of nitrogens with zero attached hydrogens (tertiary/aromatic N) is 1. The molecule has 14 heavy (non-hydrogen) atoms. The molecule has 1 heterocycles. The SMILES string of the molecule is N[C@H](CC(F)(F)F)c1cnccc1Cl. The summed E-state index contributed by atoms with van der Waals surface area (Å²) in [5.41, 5.74) is 5.55. The highest BCUT2D eigenvalue weighted by Crippen LogP contribution is 2.30. The van der Waals surface area contributed by atoms with Gasteiger partial charge in [0.15, 0.2) is 0 Å². The highest BCUT2D eigenvalue weighted by Gasteiger charge is 2.31. The molecule has 1 aromatic rings. The Bertz CT molecular complexity index is 314. The van der Waals surface area contributed by atoms with Gasteiger partial charge in [0.25, 0.3) is 0 Å². The van der Waals surface area contributed by atoms with Crippen LogP contribution in [0.1, 0.15) is 18.0 Å². The van der Waals surface area contributed by atoms with Crippen LogP contribution < -0.4 is 5.73 Å². The molecule has 2 nitrogen and oxygen atoms in total. The largest absolute Gasteiger partial charge is 0.390 e. The summed E-state index contributed by atoms with van der Waals surface area (Å²) in [6.45, 7) is 0. The molecule has 2 N–H and O–H groups in total. The number of alkyl halides is 3. The van der Waals surface area contributed by atoms with Crippen LogP contribution in [-0.2, 0) is 0 Å². The Kier molecular flexibility index (Phi) is 3.34. The molecule has 1 aromatic heterocycles. The predicted octanol–water partition coefficient (Wildman–Crippen LogP) is 2.69. The maximum Gasteiger partial charge on any atom is 0.390 e. The summed E-state index contributed by atoms with van der Waals surface area (Å²) in [4.78, 5) is 3.66. The minimum atomic E-state index is -4.29. The minimum Gasteiger partial charge on any atom is -0.324 e. The number of pyridine rings is 1. The summed E-state index contributed by atoms with van der Waals surface area (Å²) < 4.78 is 35.9. The highest BCUT2D eigenvalue weighted by molar-refractivity contribution is 6.31. The van der Waals surface area contributed by atoms with Crippen LogP contribution in [0.25, 0.3) is 0 Å². The third-order valence-electron chi connectivity index (χ3n) is 1.65. The molecule has 0 aromatic carbocycles. The van der Waals surface area contributed by atoms with Gasteiger partial charge in [-0.25, -0.2) is 0 Å². The topological polar surface area (TPSA) is 38.9 Å². The summed E-state index contributed by atoms with van der Waals surface area (Å²) in [5.74, 6) is 0. The first-order valence-electron chi connectivity index (χ1n) is 3.82. The van der Waals surface area contributed by atoms with Gasteiger partial charge in [-0.3, -0.25) is 4.98 Å². The van der Waals surface area contributed by atoms with E-state index in [1.807, 2.05) is 0 Å². The molecule has 0 saturated carbocycles. The van der Waals surface area contributed by atoms with Crippen LogP contribution in [0.2, 0.25) is 5.02 Å². The van der Waals surface area contributed by atoms with Crippen molar-refractivity contribution in [2.75, 3.05) is 0 Å². The Balaban J connectivity index is 2.80. The van der Waals surface area contributed by atoms with Crippen molar-refractivity contribution >= 4 is 11.6 Å². The van der Waals surface area contributed by atoms with Gasteiger partial charge in [0, 0.05) is 29.0 Å². The minimum absolute atomic E-state index is 0.205. The normalized spacial score (nSPS) is 14.1. The predicted molar refractivity (Wildman–Crippen MR) is 46.8 cm³/mol. The lowest BCUT2D eigenvalue weighted by Crippen LogP contribution is -2.20. The molecule has 0 bridgehead atoms. The fourth-order valence-electron chi connectivity index (χ4n) is 1.02. The van der Waals surface area contributed by atoms with E-state index in [1.165, 1.54) is 18.5 Å². The van der Waals surface area contributed by atoms with E-state index in [4.69, 9.17) is 17.3 Å². The van der Waals surface area contributed by atoms with Crippen LogP contribution in [-0.4, -0.2) is 11.2 Å². The standard InChI is InChI=1S/C8H8ClF3N2/c9-6-1-2-14-4-5(6)7(13)3-8(10,11)12/h1-2,4,7H,3,13H2/t7-/m1/s1. The number of hydrogen-bond donors (Lipinski definition) is 1. The van der Waals surface area contributed by atoms with Crippen molar-refractivity contribution < 1.29 is 13.2 Å². The fraction of sp³-hybridized carbons (Fsp3) is 0.375. The monoisotopic (exact) mass is 224 g/mol. The molecule has 0 amide bonds. The second-order valence-electron chi connectivity index (χ2n) is 2.82. The van der Waals surface area contributed by atoms with Gasteiger partial charge < -0.3 is 5.73 Å². The maximum atomic E-state index is 12.0. The zero-order valence-electron chi connectivity index (χ0n) is 7.05. The summed E-state index contributed by atoms with van der Waals surface area (Å²) >= 11 is 5.66. The molecule has 0 aliphatic rings. The number of nitrogens with two attached hydrogens (primary N) is 1. The van der Waals surface area contributed by atoms with Gasteiger partial charge >= 0.3 is 6.18 Å². The van der Waals surface area contributed by atoms with Crippen LogP contribution in [0.5, 0.6) is 0 Å². The van der Waals surface area contributed by atoms with Crippen LogP contribution in [0.15, 0.2) is 18.5 Å². The van der Waals surface area contributed by atoms with Crippen molar-refractivity contribution in [1.82, 2.24) is 4.98 Å². The third-order valence-corrected chi connectivity index (χ3v) is 1.99. The second-order valence-corrected chi connectivity index (χ2v) is 3.23. The molecule has 1 atom stereocenters. The van der Waals surface area contributed by atoms with Gasteiger partial charge in [0.05, 0.1) is 6.42 Å². The quantitative estimate of drug-likeness (QED) is 0.839. The van der Waals surface area contributed by atoms with E-state index in [9.17, 15) is 13.2 Å².